The fourth-order valence-corrected chi connectivity index (χ4v) is 2.91. The number of para-hydroxylation sites is 1. The monoisotopic (exact) mass is 247 g/mol. The number of nitrogens with zero attached hydrogens (tertiary/aromatic N) is 1. The van der Waals surface area contributed by atoms with Crippen LogP contribution in [-0.4, -0.2) is 31.1 Å². The molecule has 1 fully saturated rings. The third-order valence-corrected chi connectivity index (χ3v) is 3.79. The minimum atomic E-state index is 0.680. The van der Waals surface area contributed by atoms with Crippen molar-refractivity contribution in [3.63, 3.8) is 0 Å². The van der Waals surface area contributed by atoms with E-state index in [1.54, 1.807) is 7.11 Å². The third-order valence-electron chi connectivity index (χ3n) is 3.79. The van der Waals surface area contributed by atoms with Gasteiger partial charge in [-0.2, -0.15) is 0 Å². The maximum atomic E-state index is 5.48. The molecule has 1 aliphatic rings. The van der Waals surface area contributed by atoms with E-state index in [4.69, 9.17) is 4.74 Å². The number of hydrogen-bond acceptors (Lipinski definition) is 2. The normalized spacial score (nSPS) is 22.2. The summed E-state index contributed by atoms with van der Waals surface area (Å²) in [6, 6.07) is 9.21. The smallest absolute Gasteiger partial charge is 0.122 e. The van der Waals surface area contributed by atoms with E-state index in [0.29, 0.717) is 5.92 Å². The Kier molecular flexibility index (Phi) is 4.65. The topological polar surface area (TPSA) is 12.5 Å². The summed E-state index contributed by atoms with van der Waals surface area (Å²) in [5, 5.41) is 0. The van der Waals surface area contributed by atoms with Gasteiger partial charge in [0.1, 0.15) is 5.75 Å². The van der Waals surface area contributed by atoms with Crippen molar-refractivity contribution in [1.82, 2.24) is 4.90 Å². The molecule has 2 heteroatoms. The second-order valence-corrected chi connectivity index (χ2v) is 5.19. The summed E-state index contributed by atoms with van der Waals surface area (Å²) in [5.74, 6) is 1.73. The highest BCUT2D eigenvalue weighted by atomic mass is 16.5. The Hall–Kier alpha value is -1.02. The summed E-state index contributed by atoms with van der Waals surface area (Å²) in [7, 11) is 1.77. The molecule has 0 amide bonds. The van der Waals surface area contributed by atoms with Crippen LogP contribution in [0.1, 0.15) is 44.6 Å². The van der Waals surface area contributed by atoms with Crippen LogP contribution in [0.3, 0.4) is 0 Å². The molecule has 2 nitrogen and oxygen atoms in total. The van der Waals surface area contributed by atoms with E-state index in [0.717, 1.165) is 11.8 Å². The van der Waals surface area contributed by atoms with Crippen LogP contribution in [-0.2, 0) is 0 Å². The molecule has 18 heavy (non-hydrogen) atoms. The van der Waals surface area contributed by atoms with Crippen LogP contribution in [0.5, 0.6) is 5.75 Å². The van der Waals surface area contributed by atoms with E-state index in [1.165, 1.54) is 37.9 Å². The first-order chi connectivity index (χ1) is 8.81. The molecule has 1 aromatic rings. The molecule has 0 heterocycles. The molecule has 0 bridgehead atoms. The number of methoxy groups -OCH3 is 1. The lowest BCUT2D eigenvalue weighted by atomic mass is 10.1. The molecule has 0 aromatic heterocycles. The van der Waals surface area contributed by atoms with E-state index < -0.39 is 0 Å². The van der Waals surface area contributed by atoms with E-state index in [9.17, 15) is 0 Å². The van der Waals surface area contributed by atoms with E-state index >= 15 is 0 Å². The molecule has 0 spiro atoms. The average Bonchev–Trinajstić information content (AvgIpc) is 3.18. The van der Waals surface area contributed by atoms with Crippen LogP contribution in [0.2, 0.25) is 0 Å². The predicted octanol–water partition coefficient (Wildman–Crippen LogP) is 3.67. The number of ether oxygens (including phenoxy) is 1. The fraction of sp³-hybridized carbons (Fsp3) is 0.625. The van der Waals surface area contributed by atoms with Gasteiger partial charge in [0.2, 0.25) is 0 Å². The van der Waals surface area contributed by atoms with Crippen LogP contribution in [0, 0.1) is 0 Å². The van der Waals surface area contributed by atoms with Crippen molar-refractivity contribution in [2.24, 2.45) is 0 Å². The molecular formula is C16H25NO. The molecule has 0 N–H and O–H groups in total. The molecule has 0 unspecified atom stereocenters. The van der Waals surface area contributed by atoms with Crippen molar-refractivity contribution < 1.29 is 4.74 Å². The lowest BCUT2D eigenvalue weighted by molar-refractivity contribution is 0.259. The Balaban J connectivity index is 2.04. The van der Waals surface area contributed by atoms with Crippen molar-refractivity contribution in [2.75, 3.05) is 20.2 Å². The number of rotatable bonds is 7. The number of benzene rings is 1. The molecule has 0 aliphatic heterocycles. The van der Waals surface area contributed by atoms with Gasteiger partial charge in [-0.15, -0.1) is 0 Å². The van der Waals surface area contributed by atoms with Crippen molar-refractivity contribution in [3.05, 3.63) is 29.8 Å². The van der Waals surface area contributed by atoms with Gasteiger partial charge in [-0.1, -0.05) is 32.0 Å². The van der Waals surface area contributed by atoms with Crippen molar-refractivity contribution >= 4 is 0 Å². The summed E-state index contributed by atoms with van der Waals surface area (Å²) in [6.07, 6.45) is 3.78. The zero-order valence-corrected chi connectivity index (χ0v) is 11.9. The van der Waals surface area contributed by atoms with E-state index in [-0.39, 0.29) is 0 Å². The zero-order chi connectivity index (χ0) is 13.0. The summed E-state index contributed by atoms with van der Waals surface area (Å²) >= 11 is 0. The van der Waals surface area contributed by atoms with Crippen molar-refractivity contribution in [2.45, 2.75) is 45.1 Å². The van der Waals surface area contributed by atoms with Gasteiger partial charge < -0.3 is 4.74 Å². The highest BCUT2D eigenvalue weighted by molar-refractivity contribution is 5.40. The maximum absolute atomic E-state index is 5.48. The Morgan fingerprint density at radius 1 is 1.17 bits per heavy atom. The molecule has 1 aliphatic carbocycles. The first-order valence-electron chi connectivity index (χ1n) is 7.18. The van der Waals surface area contributed by atoms with Gasteiger partial charge in [0.15, 0.2) is 0 Å². The summed E-state index contributed by atoms with van der Waals surface area (Å²) in [4.78, 5) is 2.65. The predicted molar refractivity (Wildman–Crippen MR) is 76.3 cm³/mol. The molecule has 1 aromatic carbocycles. The second-order valence-electron chi connectivity index (χ2n) is 5.19. The molecular weight excluding hydrogens is 222 g/mol. The van der Waals surface area contributed by atoms with Crippen molar-refractivity contribution in [3.8, 4) is 5.75 Å². The lowest BCUT2D eigenvalue weighted by Gasteiger charge is -2.21. The quantitative estimate of drug-likeness (QED) is 0.729. The SMILES string of the molecule is CCCN(CCC)[C@@H]1C[C@@H]1c1ccccc1OC. The van der Waals surface area contributed by atoms with Gasteiger partial charge in [-0.05, 0) is 44.0 Å². The van der Waals surface area contributed by atoms with E-state index in [2.05, 4.69) is 43.0 Å². The Morgan fingerprint density at radius 2 is 1.83 bits per heavy atom. The molecule has 2 rings (SSSR count). The van der Waals surface area contributed by atoms with Gasteiger partial charge in [0.25, 0.3) is 0 Å². The fourth-order valence-electron chi connectivity index (χ4n) is 2.91. The molecule has 100 valence electrons. The average molecular weight is 247 g/mol. The zero-order valence-electron chi connectivity index (χ0n) is 11.9. The summed E-state index contributed by atoms with van der Waals surface area (Å²) < 4.78 is 5.48. The third kappa shape index (κ3) is 2.86. The van der Waals surface area contributed by atoms with Gasteiger partial charge in [0, 0.05) is 12.0 Å². The van der Waals surface area contributed by atoms with Gasteiger partial charge in [-0.3, -0.25) is 4.90 Å². The lowest BCUT2D eigenvalue weighted by Crippen LogP contribution is -2.28. The Bertz CT molecular complexity index is 371. The number of hydrogen-bond donors (Lipinski definition) is 0. The van der Waals surface area contributed by atoms with Gasteiger partial charge >= 0.3 is 0 Å². The summed E-state index contributed by atoms with van der Waals surface area (Å²) in [5.41, 5.74) is 1.39. The molecule has 1 saturated carbocycles. The Morgan fingerprint density at radius 3 is 2.44 bits per heavy atom. The minimum absolute atomic E-state index is 0.680. The second kappa shape index (κ2) is 6.24. The molecule has 2 atom stereocenters. The molecule has 0 saturated heterocycles. The first-order valence-corrected chi connectivity index (χ1v) is 7.18. The van der Waals surface area contributed by atoms with E-state index in [1.807, 2.05) is 0 Å². The maximum Gasteiger partial charge on any atom is 0.122 e. The highest BCUT2D eigenvalue weighted by Gasteiger charge is 2.43. The van der Waals surface area contributed by atoms with Crippen LogP contribution in [0.25, 0.3) is 0 Å². The van der Waals surface area contributed by atoms with Crippen LogP contribution < -0.4 is 4.74 Å². The standard InChI is InChI=1S/C16H25NO/c1-4-10-17(11-5-2)15-12-14(15)13-8-6-7-9-16(13)18-3/h6-9,14-15H,4-5,10-12H2,1-3H3/t14-,15-/m1/s1. The Labute approximate surface area is 111 Å². The first kappa shape index (κ1) is 13.4. The van der Waals surface area contributed by atoms with Crippen LogP contribution in [0.4, 0.5) is 0 Å². The van der Waals surface area contributed by atoms with Crippen LogP contribution in [0.15, 0.2) is 24.3 Å². The summed E-state index contributed by atoms with van der Waals surface area (Å²) in [6.45, 7) is 6.99. The highest BCUT2D eigenvalue weighted by Crippen LogP contribution is 2.47. The van der Waals surface area contributed by atoms with Gasteiger partial charge in [0.05, 0.1) is 7.11 Å². The van der Waals surface area contributed by atoms with Gasteiger partial charge in [-0.25, -0.2) is 0 Å². The van der Waals surface area contributed by atoms with Crippen LogP contribution >= 0.6 is 0 Å². The molecule has 0 radical (unpaired) electrons. The van der Waals surface area contributed by atoms with Crippen molar-refractivity contribution in [1.29, 1.82) is 0 Å². The minimum Gasteiger partial charge on any atom is -0.496 e. The largest absolute Gasteiger partial charge is 0.496 e.